The minimum Gasteiger partial charge on any atom is -0.396 e. The van der Waals surface area contributed by atoms with Gasteiger partial charge >= 0.3 is 0 Å². The summed E-state index contributed by atoms with van der Waals surface area (Å²) in [6, 6.07) is 0.266. The molecule has 0 aromatic carbocycles. The Morgan fingerprint density at radius 3 is 2.94 bits per heavy atom. The Hall–Kier alpha value is -0.200. The number of aliphatic hydroxyl groups is 2. The summed E-state index contributed by atoms with van der Waals surface area (Å²) >= 11 is 0. The maximum atomic E-state index is 9.74. The van der Waals surface area contributed by atoms with Gasteiger partial charge in [-0.1, -0.05) is 6.92 Å². The average Bonchev–Trinajstić information content (AvgIpc) is 2.87. The summed E-state index contributed by atoms with van der Waals surface area (Å²) in [6.07, 6.45) is 3.55. The summed E-state index contributed by atoms with van der Waals surface area (Å²) in [7, 11) is 0. The smallest absolute Gasteiger partial charge is 0.0897 e. The molecule has 0 spiro atoms. The first kappa shape index (κ1) is 15.9. The molecule has 3 N–H and O–H groups in total. The van der Waals surface area contributed by atoms with Crippen LogP contribution in [-0.4, -0.2) is 61.4 Å². The minimum absolute atomic E-state index is 0.178. The van der Waals surface area contributed by atoms with Gasteiger partial charge in [0.2, 0.25) is 0 Å². The standard InChI is InChI=1S/C13H27NO4/c1-2-11(5-6-15)14-8-12(16)9-17-10-13-4-3-7-18-13/h11-16H,2-10H2,1H3. The molecule has 1 saturated heterocycles. The first-order valence-electron chi connectivity index (χ1n) is 6.97. The molecule has 0 saturated carbocycles. The van der Waals surface area contributed by atoms with E-state index in [1.807, 2.05) is 0 Å². The van der Waals surface area contributed by atoms with Gasteiger partial charge in [-0.3, -0.25) is 0 Å². The van der Waals surface area contributed by atoms with Crippen molar-refractivity contribution in [1.82, 2.24) is 5.32 Å². The van der Waals surface area contributed by atoms with E-state index in [1.165, 1.54) is 0 Å². The Labute approximate surface area is 109 Å². The van der Waals surface area contributed by atoms with Gasteiger partial charge < -0.3 is 25.0 Å². The second-order valence-corrected chi connectivity index (χ2v) is 4.85. The zero-order valence-electron chi connectivity index (χ0n) is 11.3. The first-order chi connectivity index (χ1) is 8.76. The molecule has 18 heavy (non-hydrogen) atoms. The van der Waals surface area contributed by atoms with Crippen molar-refractivity contribution in [3.8, 4) is 0 Å². The van der Waals surface area contributed by atoms with E-state index in [0.29, 0.717) is 19.8 Å². The predicted octanol–water partition coefficient (Wildman–Crippen LogP) is 0.294. The molecular formula is C13H27NO4. The van der Waals surface area contributed by atoms with Crippen LogP contribution in [0.3, 0.4) is 0 Å². The summed E-state index contributed by atoms with van der Waals surface area (Å²) in [5.74, 6) is 0. The van der Waals surface area contributed by atoms with Gasteiger partial charge in [-0.25, -0.2) is 0 Å². The Balaban J connectivity index is 2.00. The highest BCUT2D eigenvalue weighted by atomic mass is 16.5. The second-order valence-electron chi connectivity index (χ2n) is 4.85. The van der Waals surface area contributed by atoms with Crippen LogP contribution in [0.2, 0.25) is 0 Å². The highest BCUT2D eigenvalue weighted by Gasteiger charge is 2.16. The predicted molar refractivity (Wildman–Crippen MR) is 69.6 cm³/mol. The van der Waals surface area contributed by atoms with Crippen molar-refractivity contribution >= 4 is 0 Å². The van der Waals surface area contributed by atoms with Crippen LogP contribution in [0.15, 0.2) is 0 Å². The monoisotopic (exact) mass is 261 g/mol. The van der Waals surface area contributed by atoms with Gasteiger partial charge in [0, 0.05) is 25.8 Å². The number of nitrogens with one attached hydrogen (secondary N) is 1. The number of hydrogen-bond donors (Lipinski definition) is 3. The Morgan fingerprint density at radius 2 is 2.33 bits per heavy atom. The molecule has 1 fully saturated rings. The molecule has 3 unspecified atom stereocenters. The summed E-state index contributed by atoms with van der Waals surface area (Å²) in [5, 5.41) is 21.8. The van der Waals surface area contributed by atoms with Crippen LogP contribution < -0.4 is 5.32 Å². The number of aliphatic hydroxyl groups excluding tert-OH is 2. The van der Waals surface area contributed by atoms with E-state index < -0.39 is 6.10 Å². The molecule has 5 nitrogen and oxygen atoms in total. The minimum atomic E-state index is -0.501. The number of hydrogen-bond acceptors (Lipinski definition) is 5. The molecule has 1 aliphatic rings. The van der Waals surface area contributed by atoms with Crippen LogP contribution in [0, 0.1) is 0 Å². The third kappa shape index (κ3) is 6.66. The van der Waals surface area contributed by atoms with Crippen LogP contribution in [0.5, 0.6) is 0 Å². The van der Waals surface area contributed by atoms with E-state index in [4.69, 9.17) is 14.6 Å². The molecule has 5 heteroatoms. The number of ether oxygens (including phenoxy) is 2. The molecule has 0 amide bonds. The van der Waals surface area contributed by atoms with Gasteiger partial charge in [-0.2, -0.15) is 0 Å². The highest BCUT2D eigenvalue weighted by Crippen LogP contribution is 2.11. The van der Waals surface area contributed by atoms with E-state index in [-0.39, 0.29) is 18.8 Å². The van der Waals surface area contributed by atoms with Crippen molar-refractivity contribution in [2.24, 2.45) is 0 Å². The molecule has 0 aliphatic carbocycles. The summed E-state index contributed by atoms with van der Waals surface area (Å²) in [4.78, 5) is 0. The third-order valence-electron chi connectivity index (χ3n) is 3.25. The van der Waals surface area contributed by atoms with Crippen LogP contribution in [0.1, 0.15) is 32.6 Å². The van der Waals surface area contributed by atoms with E-state index >= 15 is 0 Å². The van der Waals surface area contributed by atoms with Crippen LogP contribution >= 0.6 is 0 Å². The lowest BCUT2D eigenvalue weighted by molar-refractivity contribution is -0.0171. The fourth-order valence-electron chi connectivity index (χ4n) is 2.08. The highest BCUT2D eigenvalue weighted by molar-refractivity contribution is 4.68. The summed E-state index contributed by atoms with van der Waals surface area (Å²) in [5.41, 5.74) is 0. The second kappa shape index (κ2) is 9.69. The Bertz CT molecular complexity index is 197. The fourth-order valence-corrected chi connectivity index (χ4v) is 2.08. The molecule has 3 atom stereocenters. The molecule has 0 radical (unpaired) electrons. The van der Waals surface area contributed by atoms with E-state index in [9.17, 15) is 5.11 Å². The van der Waals surface area contributed by atoms with E-state index in [1.54, 1.807) is 0 Å². The van der Waals surface area contributed by atoms with Gasteiger partial charge in [0.25, 0.3) is 0 Å². The Kier molecular flexibility index (Phi) is 8.54. The zero-order chi connectivity index (χ0) is 13.2. The number of rotatable bonds is 10. The van der Waals surface area contributed by atoms with Gasteiger partial charge in [0.15, 0.2) is 0 Å². The van der Waals surface area contributed by atoms with Gasteiger partial charge in [0.05, 0.1) is 25.4 Å². The fraction of sp³-hybridized carbons (Fsp3) is 1.00. The van der Waals surface area contributed by atoms with Crippen molar-refractivity contribution in [3.05, 3.63) is 0 Å². The molecule has 1 heterocycles. The lowest BCUT2D eigenvalue weighted by Gasteiger charge is -2.19. The van der Waals surface area contributed by atoms with Crippen LogP contribution in [0.25, 0.3) is 0 Å². The largest absolute Gasteiger partial charge is 0.396 e. The molecule has 0 bridgehead atoms. The molecular weight excluding hydrogens is 234 g/mol. The van der Waals surface area contributed by atoms with E-state index in [2.05, 4.69) is 12.2 Å². The topological polar surface area (TPSA) is 71.0 Å². The molecule has 0 aromatic heterocycles. The zero-order valence-corrected chi connectivity index (χ0v) is 11.3. The SMILES string of the molecule is CCC(CCO)NCC(O)COCC1CCCO1. The summed E-state index contributed by atoms with van der Waals surface area (Å²) in [6.45, 7) is 4.49. The molecule has 1 rings (SSSR count). The van der Waals surface area contributed by atoms with E-state index in [0.717, 1.165) is 32.3 Å². The van der Waals surface area contributed by atoms with Crippen LogP contribution in [0.4, 0.5) is 0 Å². The maximum absolute atomic E-state index is 9.74. The van der Waals surface area contributed by atoms with Crippen molar-refractivity contribution in [2.45, 2.75) is 50.9 Å². The van der Waals surface area contributed by atoms with Crippen LogP contribution in [-0.2, 0) is 9.47 Å². The Morgan fingerprint density at radius 1 is 1.50 bits per heavy atom. The third-order valence-corrected chi connectivity index (χ3v) is 3.25. The quantitative estimate of drug-likeness (QED) is 0.527. The molecule has 108 valence electrons. The molecule has 0 aromatic rings. The van der Waals surface area contributed by atoms with Gasteiger partial charge in [-0.05, 0) is 25.7 Å². The van der Waals surface area contributed by atoms with Crippen molar-refractivity contribution in [1.29, 1.82) is 0 Å². The first-order valence-corrected chi connectivity index (χ1v) is 6.97. The van der Waals surface area contributed by atoms with Gasteiger partial charge in [-0.15, -0.1) is 0 Å². The summed E-state index contributed by atoms with van der Waals surface area (Å²) < 4.78 is 10.9. The molecule has 1 aliphatic heterocycles. The van der Waals surface area contributed by atoms with Crippen molar-refractivity contribution in [3.63, 3.8) is 0 Å². The lowest BCUT2D eigenvalue weighted by atomic mass is 10.1. The normalized spacial score (nSPS) is 23.2. The van der Waals surface area contributed by atoms with Crippen molar-refractivity contribution in [2.75, 3.05) is 33.0 Å². The van der Waals surface area contributed by atoms with Crippen molar-refractivity contribution < 1.29 is 19.7 Å². The maximum Gasteiger partial charge on any atom is 0.0897 e. The average molecular weight is 261 g/mol. The lowest BCUT2D eigenvalue weighted by Crippen LogP contribution is -2.38. The van der Waals surface area contributed by atoms with Gasteiger partial charge in [0.1, 0.15) is 0 Å².